The Morgan fingerprint density at radius 3 is 2.87 bits per heavy atom. The fourth-order valence-electron chi connectivity index (χ4n) is 6.00. The molecule has 0 spiro atoms. The van der Waals surface area contributed by atoms with Crippen LogP contribution in [0.25, 0.3) is 16.6 Å². The summed E-state index contributed by atoms with van der Waals surface area (Å²) >= 11 is 0. The smallest absolute Gasteiger partial charge is 0.330 e. The van der Waals surface area contributed by atoms with Crippen molar-refractivity contribution in [2.75, 3.05) is 26.8 Å². The molecular formula is C24H29N3O4. The van der Waals surface area contributed by atoms with Gasteiger partial charge in [0, 0.05) is 23.0 Å². The number of carbonyl (C=O) groups is 2. The number of benzene rings is 1. The van der Waals surface area contributed by atoms with Gasteiger partial charge < -0.3 is 19.7 Å². The maximum absolute atomic E-state index is 13.5. The zero-order valence-corrected chi connectivity index (χ0v) is 18.1. The summed E-state index contributed by atoms with van der Waals surface area (Å²) in [6, 6.07) is 7.42. The molecule has 3 aliphatic heterocycles. The minimum absolute atomic E-state index is 0.121. The van der Waals surface area contributed by atoms with Crippen molar-refractivity contribution < 1.29 is 19.4 Å². The molecule has 2 aromatic rings. The zero-order chi connectivity index (χ0) is 21.8. The van der Waals surface area contributed by atoms with Gasteiger partial charge in [-0.05, 0) is 49.9 Å². The van der Waals surface area contributed by atoms with E-state index in [1.807, 2.05) is 12.1 Å². The van der Waals surface area contributed by atoms with Gasteiger partial charge in [-0.25, -0.2) is 4.79 Å². The van der Waals surface area contributed by atoms with Crippen molar-refractivity contribution in [3.8, 4) is 0 Å². The standard InChI is InChI=1S/C24H29N3O4/c1-3-24-10-6-11-26-12-9-16-15-7-4-5-8-18(15)27(20(16)21(24)26)19(13-24)22(29)25-17(14-28)23(30)31-2/h4-5,7-8,13,17,21,28H,3,6,9-12,14H2,1-2H3,(H,25,29)/t17-,21+,24-/m0/s1. The Morgan fingerprint density at radius 1 is 1.32 bits per heavy atom. The average molecular weight is 424 g/mol. The first kappa shape index (κ1) is 20.3. The van der Waals surface area contributed by atoms with E-state index in [2.05, 4.69) is 39.9 Å². The maximum Gasteiger partial charge on any atom is 0.330 e. The van der Waals surface area contributed by atoms with Crippen molar-refractivity contribution in [2.45, 2.75) is 44.7 Å². The van der Waals surface area contributed by atoms with Crippen LogP contribution in [0.15, 0.2) is 30.3 Å². The molecule has 1 amide bonds. The van der Waals surface area contributed by atoms with Crippen LogP contribution >= 0.6 is 0 Å². The Kier molecular flexibility index (Phi) is 4.90. The number of aliphatic hydroxyl groups is 1. The molecule has 3 aliphatic rings. The minimum Gasteiger partial charge on any atom is -0.467 e. The number of carbonyl (C=O) groups excluding carboxylic acids is 2. The van der Waals surface area contributed by atoms with E-state index in [-0.39, 0.29) is 17.4 Å². The van der Waals surface area contributed by atoms with Crippen LogP contribution in [-0.2, 0) is 20.7 Å². The first-order valence-electron chi connectivity index (χ1n) is 11.1. The first-order chi connectivity index (χ1) is 15.0. The van der Waals surface area contributed by atoms with E-state index in [0.29, 0.717) is 5.70 Å². The second kappa shape index (κ2) is 7.50. The van der Waals surface area contributed by atoms with Crippen LogP contribution in [0.3, 0.4) is 0 Å². The number of para-hydroxylation sites is 1. The number of nitrogens with one attached hydrogen (secondary N) is 1. The highest BCUT2D eigenvalue weighted by molar-refractivity contribution is 6.17. The van der Waals surface area contributed by atoms with Crippen molar-refractivity contribution in [3.63, 3.8) is 0 Å². The number of rotatable bonds is 5. The lowest BCUT2D eigenvalue weighted by atomic mass is 9.66. The van der Waals surface area contributed by atoms with Crippen molar-refractivity contribution in [3.05, 3.63) is 41.6 Å². The summed E-state index contributed by atoms with van der Waals surface area (Å²) in [6.07, 6.45) is 6.18. The lowest BCUT2D eigenvalue weighted by Crippen LogP contribution is -2.52. The number of methoxy groups -OCH3 is 1. The second-order valence-electron chi connectivity index (χ2n) is 8.86. The third-order valence-electron chi connectivity index (χ3n) is 7.46. The highest BCUT2D eigenvalue weighted by Crippen LogP contribution is 2.56. The van der Waals surface area contributed by atoms with Crippen LogP contribution in [0.2, 0.25) is 0 Å². The van der Waals surface area contributed by atoms with Gasteiger partial charge >= 0.3 is 5.97 Å². The van der Waals surface area contributed by atoms with E-state index in [0.717, 1.165) is 44.3 Å². The number of fused-ring (bicyclic) bond motifs is 3. The lowest BCUT2D eigenvalue weighted by molar-refractivity contribution is -0.145. The highest BCUT2D eigenvalue weighted by atomic mass is 16.5. The number of esters is 1. The van der Waals surface area contributed by atoms with Gasteiger partial charge in [0.1, 0.15) is 5.70 Å². The Balaban J connectivity index is 1.70. The third-order valence-corrected chi connectivity index (χ3v) is 7.46. The Labute approximate surface area is 181 Å². The van der Waals surface area contributed by atoms with Crippen molar-refractivity contribution in [1.82, 2.24) is 14.8 Å². The van der Waals surface area contributed by atoms with E-state index in [4.69, 9.17) is 4.74 Å². The summed E-state index contributed by atoms with van der Waals surface area (Å²) < 4.78 is 6.84. The number of hydrogen-bond donors (Lipinski definition) is 2. The molecule has 5 rings (SSSR count). The predicted molar refractivity (Wildman–Crippen MR) is 117 cm³/mol. The third kappa shape index (κ3) is 2.87. The highest BCUT2D eigenvalue weighted by Gasteiger charge is 2.51. The summed E-state index contributed by atoms with van der Waals surface area (Å²) in [5.74, 6) is -1.01. The number of amides is 1. The molecule has 3 atom stereocenters. The SMILES string of the molecule is CC[C@@]12C=C(C(=O)N[C@@H](CO)C(=O)OC)n3c4c(c5ccccc53)CCN(CCC1)[C@H]42. The topological polar surface area (TPSA) is 83.8 Å². The van der Waals surface area contributed by atoms with E-state index in [1.165, 1.54) is 23.8 Å². The molecule has 4 heterocycles. The Hall–Kier alpha value is -2.64. The molecular weight excluding hydrogens is 394 g/mol. The van der Waals surface area contributed by atoms with Gasteiger partial charge in [-0.3, -0.25) is 9.69 Å². The van der Waals surface area contributed by atoms with Crippen molar-refractivity contribution in [1.29, 1.82) is 0 Å². The van der Waals surface area contributed by atoms with E-state index >= 15 is 0 Å². The molecule has 1 aromatic carbocycles. The summed E-state index contributed by atoms with van der Waals surface area (Å²) in [5, 5.41) is 13.5. The van der Waals surface area contributed by atoms with Gasteiger partial charge in [-0.2, -0.15) is 0 Å². The molecule has 164 valence electrons. The number of aromatic nitrogens is 1. The lowest BCUT2D eigenvalue weighted by Gasteiger charge is -2.53. The number of hydrogen-bond acceptors (Lipinski definition) is 5. The summed E-state index contributed by atoms with van der Waals surface area (Å²) in [6.45, 7) is 3.81. The van der Waals surface area contributed by atoms with Crippen LogP contribution in [0.5, 0.6) is 0 Å². The van der Waals surface area contributed by atoms with Gasteiger partial charge in [0.2, 0.25) is 0 Å². The fourth-order valence-corrected chi connectivity index (χ4v) is 6.00. The number of nitrogens with zero attached hydrogens (tertiary/aromatic N) is 2. The van der Waals surface area contributed by atoms with Gasteiger partial charge in [0.15, 0.2) is 6.04 Å². The van der Waals surface area contributed by atoms with Gasteiger partial charge in [0.25, 0.3) is 5.91 Å². The molecule has 1 aromatic heterocycles. The molecule has 1 saturated heterocycles. The monoisotopic (exact) mass is 423 g/mol. The van der Waals surface area contributed by atoms with Crippen LogP contribution in [-0.4, -0.2) is 59.3 Å². The molecule has 7 nitrogen and oxygen atoms in total. The number of piperidine rings is 1. The summed E-state index contributed by atoms with van der Waals surface area (Å²) in [5.41, 5.74) is 4.00. The van der Waals surface area contributed by atoms with Crippen LogP contribution in [0.1, 0.15) is 43.5 Å². The van der Waals surface area contributed by atoms with Gasteiger partial charge in [-0.1, -0.05) is 25.1 Å². The summed E-state index contributed by atoms with van der Waals surface area (Å²) in [4.78, 5) is 28.1. The zero-order valence-electron chi connectivity index (χ0n) is 18.1. The van der Waals surface area contributed by atoms with Crippen LogP contribution in [0.4, 0.5) is 0 Å². The minimum atomic E-state index is -1.09. The largest absolute Gasteiger partial charge is 0.467 e. The molecule has 0 bridgehead atoms. The molecule has 0 saturated carbocycles. The van der Waals surface area contributed by atoms with E-state index in [9.17, 15) is 14.7 Å². The Bertz CT molecular complexity index is 1090. The second-order valence-corrected chi connectivity index (χ2v) is 8.86. The van der Waals surface area contributed by atoms with E-state index in [1.54, 1.807) is 0 Å². The van der Waals surface area contributed by atoms with E-state index < -0.39 is 18.6 Å². The fraction of sp³-hybridized carbons (Fsp3) is 0.500. The normalized spacial score (nSPS) is 25.5. The molecule has 7 heteroatoms. The predicted octanol–water partition coefficient (Wildman–Crippen LogP) is 2.24. The molecule has 2 N–H and O–H groups in total. The molecule has 0 unspecified atom stereocenters. The summed E-state index contributed by atoms with van der Waals surface area (Å²) in [7, 11) is 1.25. The molecule has 0 aliphatic carbocycles. The van der Waals surface area contributed by atoms with Crippen LogP contribution < -0.4 is 5.32 Å². The first-order valence-corrected chi connectivity index (χ1v) is 11.1. The van der Waals surface area contributed by atoms with Crippen molar-refractivity contribution in [2.24, 2.45) is 5.41 Å². The average Bonchev–Trinajstić information content (AvgIpc) is 3.15. The number of aliphatic hydroxyl groups excluding tert-OH is 1. The molecule has 31 heavy (non-hydrogen) atoms. The Morgan fingerprint density at radius 2 is 2.13 bits per heavy atom. The van der Waals surface area contributed by atoms with Crippen molar-refractivity contribution >= 4 is 28.5 Å². The molecule has 1 fully saturated rings. The van der Waals surface area contributed by atoms with Crippen LogP contribution in [0, 0.1) is 5.41 Å². The molecule has 0 radical (unpaired) electrons. The number of ether oxygens (including phenoxy) is 1. The quantitative estimate of drug-likeness (QED) is 0.721. The van der Waals surface area contributed by atoms with Gasteiger partial charge in [-0.15, -0.1) is 0 Å². The maximum atomic E-state index is 13.5. The van der Waals surface area contributed by atoms with Gasteiger partial charge in [0.05, 0.1) is 25.3 Å².